The van der Waals surface area contributed by atoms with Gasteiger partial charge in [-0.2, -0.15) is 0 Å². The summed E-state index contributed by atoms with van der Waals surface area (Å²) in [6.45, 7) is 0.962. The molecule has 0 bridgehead atoms. The van der Waals surface area contributed by atoms with Crippen molar-refractivity contribution in [2.45, 2.75) is 124 Å². The third-order valence-electron chi connectivity index (χ3n) is 14.3. The Morgan fingerprint density at radius 3 is 1.06 bits per heavy atom. The molecule has 0 unspecified atom stereocenters. The van der Waals surface area contributed by atoms with Crippen LogP contribution >= 0.6 is 0 Å². The molecule has 0 aliphatic rings. The van der Waals surface area contributed by atoms with Crippen molar-refractivity contribution in [3.8, 4) is 0 Å². The Labute approximate surface area is 590 Å². The number of alkyl halides is 6. The van der Waals surface area contributed by atoms with E-state index in [0.717, 1.165) is 33.4 Å². The van der Waals surface area contributed by atoms with E-state index in [1.807, 2.05) is 149 Å². The van der Waals surface area contributed by atoms with Crippen LogP contribution in [0, 0.1) is 0 Å². The number of nitrogens with two attached hydrogens (primary N) is 2. The van der Waals surface area contributed by atoms with Crippen molar-refractivity contribution in [2.24, 2.45) is 11.5 Å². The van der Waals surface area contributed by atoms with Crippen LogP contribution in [0.3, 0.4) is 0 Å². The molecule has 0 aromatic heterocycles. The van der Waals surface area contributed by atoms with Crippen molar-refractivity contribution in [3.63, 3.8) is 0 Å². The van der Waals surface area contributed by atoms with Crippen LogP contribution in [0.1, 0.15) is 111 Å². The molecule has 6 aromatic rings. The van der Waals surface area contributed by atoms with Crippen molar-refractivity contribution < 1.29 is 131 Å². The monoisotopic (exact) mass is 1390 g/mol. The van der Waals surface area contributed by atoms with Gasteiger partial charge < -0.3 is 87.4 Å². The number of carbonyl (C=O) groups is 4. The van der Waals surface area contributed by atoms with Gasteiger partial charge in [0.15, 0.2) is 11.6 Å². The number of benzene rings is 6. The van der Waals surface area contributed by atoms with Crippen LogP contribution in [0.4, 0.5) is 35.9 Å². The Morgan fingerprint density at radius 1 is 0.490 bits per heavy atom. The number of alkyl carbamates (subject to hydrolysis) is 1. The third-order valence-corrected chi connectivity index (χ3v) is 14.3. The van der Waals surface area contributed by atoms with Crippen molar-refractivity contribution in [1.82, 2.24) is 20.4 Å². The molecule has 21 nitrogen and oxygen atoms in total. The zero-order chi connectivity index (χ0) is 72.6. The fourth-order valence-corrected chi connectivity index (χ4v) is 8.80. The summed E-state index contributed by atoms with van der Waals surface area (Å²) in [6, 6.07) is 48.9. The maximum Gasteiger partial charge on any atom is 1.00 e. The molecule has 28 heteroatoms. The molecule has 536 valence electrons. The molecule has 0 saturated carbocycles. The number of carboxylic acids is 1. The second kappa shape index (κ2) is 43.9. The first-order chi connectivity index (χ1) is 45.1. The van der Waals surface area contributed by atoms with Gasteiger partial charge in [0.05, 0.1) is 24.2 Å². The van der Waals surface area contributed by atoms with Crippen LogP contribution in [-0.4, -0.2) is 189 Å². The fourth-order valence-electron chi connectivity index (χ4n) is 8.80. The number of amides is 3. The maximum absolute atomic E-state index is 13.1. The Bertz CT molecular complexity index is 3190. The van der Waals surface area contributed by atoms with E-state index in [0.29, 0.717) is 11.1 Å². The standard InChI is InChI=1S/C20H24F2N2O3.C20H25NO3.C15H17NO.C10H17F2NO5.C5H8F2NO2.Na.H2O/c1-24(19(26)18(23)20(27,12-21)13-22)16(14-8-4-2-5-9-14)17(25)15-10-6-3-7-11-15;1-20(2,3)24-19(23)21(4)17(15-11-7-5-8-12-15)18(22)16-13-9-6-10-14-16;1-16-14(12-8-4-2-5-9-12)15(17)13-10-6-3-7-11-13;1-9(2,3)18-8(16)13-6(7(14)15)10(17,4-11)5-12;6-2-5(10,3-7)4(8)1-9;;/h2-11,16-18,25,27H,12-13,23H2,1H3;5-14,17-18,22H,1-4H3;2-11,14-17H,1H3;6,17H,4-5H2,1-3H3,(H,13,16)(H,14,15);4,10H,2-3,8H2;;1H2/q;;;;-1;+1;/p-1/t16-,17-,18-;17-,18-;14-,15-;6-;4-;;/m11111../s1. The second-order valence-electron chi connectivity index (χ2n) is 24.1. The van der Waals surface area contributed by atoms with Crippen LogP contribution in [0.15, 0.2) is 182 Å². The minimum absolute atomic E-state index is 0. The number of likely N-dealkylation sites (N-methyl/N-ethyl adjacent to an activating group) is 3. The number of carbonyl (C=O) groups excluding carboxylic acids is 4. The number of aliphatic hydroxyl groups excluding tert-OH is 3. The summed E-state index contributed by atoms with van der Waals surface area (Å²) in [6.07, 6.45) is -3.05. The Kier molecular flexibility index (Phi) is 40.6. The van der Waals surface area contributed by atoms with Crippen molar-refractivity contribution in [3.05, 3.63) is 215 Å². The first-order valence-electron chi connectivity index (χ1n) is 30.0. The summed E-state index contributed by atoms with van der Waals surface area (Å²) >= 11 is 0. The molecule has 0 radical (unpaired) electrons. The van der Waals surface area contributed by atoms with Gasteiger partial charge in [0.25, 0.3) is 0 Å². The summed E-state index contributed by atoms with van der Waals surface area (Å²) in [7, 11) is 4.89. The minimum atomic E-state index is -2.82. The first-order valence-corrected chi connectivity index (χ1v) is 30.0. The van der Waals surface area contributed by atoms with E-state index in [-0.39, 0.29) is 41.1 Å². The quantitative estimate of drug-likeness (QED) is 0.0192. The molecule has 3 amide bonds. The van der Waals surface area contributed by atoms with E-state index >= 15 is 0 Å². The van der Waals surface area contributed by atoms with Crippen molar-refractivity contribution in [1.29, 1.82) is 0 Å². The van der Waals surface area contributed by atoms with Crippen molar-refractivity contribution >= 4 is 30.3 Å². The topological polar surface area (TPSA) is 358 Å². The Balaban J connectivity index is 0.00000123. The van der Waals surface area contributed by atoms with E-state index in [2.05, 4.69) is 5.32 Å². The van der Waals surface area contributed by atoms with E-state index in [1.165, 1.54) is 32.7 Å². The summed E-state index contributed by atoms with van der Waals surface area (Å²) in [4.78, 5) is 59.7. The number of aliphatic hydroxyl groups is 6. The zero-order valence-electron chi connectivity index (χ0n) is 56.5. The second-order valence-corrected chi connectivity index (χ2v) is 24.1. The van der Waals surface area contributed by atoms with Gasteiger partial charge in [-0.25, -0.2) is 47.0 Å². The van der Waals surface area contributed by atoms with Crippen LogP contribution in [0.2, 0.25) is 0 Å². The smallest absolute Gasteiger partial charge is 0.870 e. The Morgan fingerprint density at radius 2 is 0.786 bits per heavy atom. The molecule has 6 aromatic carbocycles. The zero-order valence-corrected chi connectivity index (χ0v) is 58.5. The largest absolute Gasteiger partial charge is 1.00 e. The van der Waals surface area contributed by atoms with Crippen molar-refractivity contribution in [2.75, 3.05) is 61.2 Å². The number of hydrogen-bond donors (Lipinski definition) is 11. The molecule has 9 atom stereocenters. The number of carboxylic acid groups (broad SMARTS) is 1. The summed E-state index contributed by atoms with van der Waals surface area (Å²) < 4.78 is 84.8. The molecule has 0 saturated heterocycles. The maximum atomic E-state index is 13.1. The van der Waals surface area contributed by atoms with Gasteiger partial charge in [0, 0.05) is 14.1 Å². The first kappa shape index (κ1) is 90.6. The number of nitrogens with one attached hydrogen (secondary N) is 2. The van der Waals surface area contributed by atoms with Crippen LogP contribution < -0.4 is 51.7 Å². The van der Waals surface area contributed by atoms with Gasteiger partial charge in [-0.3, -0.25) is 4.79 Å². The van der Waals surface area contributed by atoms with Crippen LogP contribution in [0.5, 0.6) is 0 Å². The molecule has 0 aliphatic carbocycles. The van der Waals surface area contributed by atoms with E-state index in [4.69, 9.17) is 31.2 Å². The number of rotatable bonds is 25. The minimum Gasteiger partial charge on any atom is -0.870 e. The number of aliphatic carboxylic acids is 1. The van der Waals surface area contributed by atoms with Crippen LogP contribution in [-0.2, 0) is 23.9 Å². The molecule has 0 aliphatic heterocycles. The molecular formula is C70H92F6N6NaO15-. The molecule has 6 rings (SSSR count). The van der Waals surface area contributed by atoms with Gasteiger partial charge in [-0.05, 0) is 82.0 Å². The third kappa shape index (κ3) is 28.5. The average molecular weight is 1390 g/mol. The van der Waals surface area contributed by atoms with Gasteiger partial charge in [-0.15, -0.1) is 0 Å². The van der Waals surface area contributed by atoms with Crippen LogP contribution in [0.25, 0.3) is 0 Å². The molecule has 98 heavy (non-hydrogen) atoms. The molecule has 0 spiro atoms. The summed E-state index contributed by atoms with van der Waals surface area (Å²) in [5.41, 5.74) is 5.97. The molecule has 0 fully saturated rings. The predicted molar refractivity (Wildman–Crippen MR) is 353 cm³/mol. The molecular weight excluding hydrogens is 1300 g/mol. The molecule has 14 N–H and O–H groups in total. The van der Waals surface area contributed by atoms with E-state index in [1.54, 1.807) is 73.0 Å². The number of hydrogen-bond acceptors (Lipinski definition) is 17. The van der Waals surface area contributed by atoms with Gasteiger partial charge in [0.1, 0.15) is 80.7 Å². The van der Waals surface area contributed by atoms with Gasteiger partial charge in [0.2, 0.25) is 5.91 Å². The number of ether oxygens (including phenoxy) is 2. The van der Waals surface area contributed by atoms with Gasteiger partial charge in [-0.1, -0.05) is 188 Å². The van der Waals surface area contributed by atoms with Gasteiger partial charge >= 0.3 is 47.7 Å². The van der Waals surface area contributed by atoms with E-state index < -0.39 is 141 Å². The Hall–Kier alpha value is -7.35. The molecule has 0 heterocycles. The average Bonchev–Trinajstić information content (AvgIpc) is 0.803. The normalized spacial score (nSPS) is 14.1. The number of halogens is 6. The summed E-state index contributed by atoms with van der Waals surface area (Å²) in [5.74, 6) is -2.64. The number of nitrogens with zero attached hydrogens (tertiary/aromatic N) is 2. The SMILES string of the molecule is CC(C)(C)OC(=O)N[C@H](C(=O)O)C(O)(CF)CF.CN(C(=O)OC(C)(C)C)[C@H](c1ccccc1)[C@H](O)c1ccccc1.CN(C(=O)[C@@H](N)C(O)(CF)CF)[C@H](c1ccccc1)[C@H](O)c1ccccc1.CN[C@H](c1ccccc1)[C@H](O)c1ccccc1.N[C@H]([C-]=O)C(O)(CF)CF.[Na+].[OH-]. The summed E-state index contributed by atoms with van der Waals surface area (Å²) in [5, 5.41) is 73.9. The predicted octanol–water partition coefficient (Wildman–Crippen LogP) is 5.48. The fraction of sp³-hybridized carbons (Fsp3) is 0.414. The van der Waals surface area contributed by atoms with E-state index in [9.17, 15) is 75.8 Å².